The number of carbonyl (C=O) groups is 2. The lowest BCUT2D eigenvalue weighted by Gasteiger charge is -2.31. The van der Waals surface area contributed by atoms with Crippen LogP contribution in [0, 0.1) is 5.41 Å². The monoisotopic (exact) mass is 298 g/mol. The Morgan fingerprint density at radius 2 is 1.95 bits per heavy atom. The molecule has 4 heteroatoms. The van der Waals surface area contributed by atoms with Gasteiger partial charge in [-0.3, -0.25) is 9.59 Å². The molecule has 1 aliphatic carbocycles. The van der Waals surface area contributed by atoms with Crippen LogP contribution in [0.4, 0.5) is 0 Å². The summed E-state index contributed by atoms with van der Waals surface area (Å²) in [5.41, 5.74) is 0.453. The first kappa shape index (κ1) is 14.6. The molecule has 2 aromatic carbocycles. The van der Waals surface area contributed by atoms with Crippen LogP contribution >= 0.6 is 0 Å². The number of aryl methyl sites for hydroxylation is 1. The molecule has 0 unspecified atom stereocenters. The number of carbonyl (C=O) groups excluding carboxylic acids is 2. The molecule has 0 amide bonds. The van der Waals surface area contributed by atoms with Crippen molar-refractivity contribution < 1.29 is 19.1 Å². The molecule has 0 heterocycles. The van der Waals surface area contributed by atoms with E-state index >= 15 is 0 Å². The van der Waals surface area contributed by atoms with Gasteiger partial charge in [0.15, 0.2) is 5.78 Å². The van der Waals surface area contributed by atoms with Crippen LogP contribution in [0.5, 0.6) is 5.75 Å². The molecule has 0 spiro atoms. The molecule has 0 saturated carbocycles. The molecule has 2 aromatic rings. The van der Waals surface area contributed by atoms with Gasteiger partial charge in [0.05, 0.1) is 14.2 Å². The molecule has 22 heavy (non-hydrogen) atoms. The number of fused-ring (bicyclic) bond motifs is 3. The van der Waals surface area contributed by atoms with Gasteiger partial charge in [-0.15, -0.1) is 0 Å². The summed E-state index contributed by atoms with van der Waals surface area (Å²) in [7, 11) is 2.94. The SMILES string of the molecule is COC(=O)[C@]1(C)CCc2c(ccc3cccc(OC)c23)C1=O. The highest BCUT2D eigenvalue weighted by Crippen LogP contribution is 2.41. The molecule has 0 fully saturated rings. The molecule has 0 aromatic heterocycles. The van der Waals surface area contributed by atoms with Crippen molar-refractivity contribution in [1.29, 1.82) is 0 Å². The van der Waals surface area contributed by atoms with Crippen molar-refractivity contribution >= 4 is 22.5 Å². The maximum Gasteiger partial charge on any atom is 0.319 e. The largest absolute Gasteiger partial charge is 0.496 e. The fourth-order valence-corrected chi connectivity index (χ4v) is 3.27. The molecule has 0 radical (unpaired) electrons. The summed E-state index contributed by atoms with van der Waals surface area (Å²) in [4.78, 5) is 24.9. The van der Waals surface area contributed by atoms with Crippen molar-refractivity contribution in [2.75, 3.05) is 14.2 Å². The van der Waals surface area contributed by atoms with Crippen LogP contribution in [0.2, 0.25) is 0 Å². The Kier molecular flexibility index (Phi) is 3.39. The summed E-state index contributed by atoms with van der Waals surface area (Å²) in [5, 5.41) is 2.00. The van der Waals surface area contributed by atoms with Gasteiger partial charge < -0.3 is 9.47 Å². The first-order valence-corrected chi connectivity index (χ1v) is 7.24. The minimum Gasteiger partial charge on any atom is -0.496 e. The van der Waals surface area contributed by atoms with E-state index in [4.69, 9.17) is 9.47 Å². The molecule has 0 aliphatic heterocycles. The summed E-state index contributed by atoms with van der Waals surface area (Å²) in [6, 6.07) is 9.52. The van der Waals surface area contributed by atoms with Crippen LogP contribution in [0.1, 0.15) is 29.3 Å². The van der Waals surface area contributed by atoms with Crippen molar-refractivity contribution in [3.8, 4) is 5.75 Å². The number of methoxy groups -OCH3 is 2. The minimum atomic E-state index is -1.10. The third-order valence-electron chi connectivity index (χ3n) is 4.59. The summed E-state index contributed by atoms with van der Waals surface area (Å²) in [6.07, 6.45) is 1.09. The number of esters is 1. The first-order valence-electron chi connectivity index (χ1n) is 7.24. The number of ether oxygens (including phenoxy) is 2. The second-order valence-electron chi connectivity index (χ2n) is 5.80. The van der Waals surface area contributed by atoms with E-state index in [0.717, 1.165) is 22.1 Å². The molecule has 1 aliphatic rings. The van der Waals surface area contributed by atoms with Gasteiger partial charge >= 0.3 is 5.97 Å². The van der Waals surface area contributed by atoms with Crippen molar-refractivity contribution in [2.24, 2.45) is 5.41 Å². The lowest BCUT2D eigenvalue weighted by atomic mass is 9.71. The minimum absolute atomic E-state index is 0.173. The van der Waals surface area contributed by atoms with Gasteiger partial charge in [0.25, 0.3) is 0 Å². The van der Waals surface area contributed by atoms with E-state index < -0.39 is 11.4 Å². The summed E-state index contributed by atoms with van der Waals surface area (Å²) in [5.74, 6) is 0.112. The average Bonchev–Trinajstić information content (AvgIpc) is 2.56. The number of rotatable bonds is 2. The predicted octanol–water partition coefficient (Wildman–Crippen LogP) is 3.16. The second kappa shape index (κ2) is 5.13. The van der Waals surface area contributed by atoms with E-state index in [1.165, 1.54) is 7.11 Å². The Bertz CT molecular complexity index is 778. The van der Waals surface area contributed by atoms with Gasteiger partial charge in [0, 0.05) is 10.9 Å². The Labute approximate surface area is 129 Å². The van der Waals surface area contributed by atoms with E-state index in [0.29, 0.717) is 18.4 Å². The maximum atomic E-state index is 12.8. The number of hydrogen-bond donors (Lipinski definition) is 0. The van der Waals surface area contributed by atoms with Crippen LogP contribution in [-0.4, -0.2) is 26.0 Å². The van der Waals surface area contributed by atoms with Crippen LogP contribution in [-0.2, 0) is 16.0 Å². The average molecular weight is 298 g/mol. The molecule has 1 atom stereocenters. The van der Waals surface area contributed by atoms with Crippen LogP contribution < -0.4 is 4.74 Å². The lowest BCUT2D eigenvalue weighted by Crippen LogP contribution is -2.41. The van der Waals surface area contributed by atoms with Crippen LogP contribution in [0.25, 0.3) is 10.8 Å². The number of ketones is 1. The summed E-state index contributed by atoms with van der Waals surface area (Å²) < 4.78 is 10.3. The van der Waals surface area contributed by atoms with Crippen LogP contribution in [0.15, 0.2) is 30.3 Å². The maximum absolute atomic E-state index is 12.8. The Balaban J connectivity index is 2.23. The zero-order valence-electron chi connectivity index (χ0n) is 12.9. The smallest absolute Gasteiger partial charge is 0.319 e. The standard InChI is InChI=1S/C18H18O4/c1-18(17(20)22-3)10-9-12-13(16(18)19)8-7-11-5-4-6-14(21-2)15(11)12/h4-8H,9-10H2,1-3H3/t18-/m1/s1. The molecule has 114 valence electrons. The van der Waals surface area contributed by atoms with Gasteiger partial charge in [-0.2, -0.15) is 0 Å². The van der Waals surface area contributed by atoms with E-state index in [9.17, 15) is 9.59 Å². The number of benzene rings is 2. The number of hydrogen-bond acceptors (Lipinski definition) is 4. The van der Waals surface area contributed by atoms with Gasteiger partial charge in [0.2, 0.25) is 0 Å². The zero-order valence-corrected chi connectivity index (χ0v) is 12.9. The van der Waals surface area contributed by atoms with E-state index in [1.54, 1.807) is 20.1 Å². The Morgan fingerprint density at radius 1 is 1.18 bits per heavy atom. The highest BCUT2D eigenvalue weighted by Gasteiger charge is 2.46. The van der Waals surface area contributed by atoms with Gasteiger partial charge in [-0.1, -0.05) is 24.3 Å². The molecule has 3 rings (SSSR count). The molecule has 0 saturated heterocycles. The van der Waals surface area contributed by atoms with Crippen LogP contribution in [0.3, 0.4) is 0 Å². The van der Waals surface area contributed by atoms with E-state index in [-0.39, 0.29) is 5.78 Å². The fourth-order valence-electron chi connectivity index (χ4n) is 3.27. The van der Waals surface area contributed by atoms with E-state index in [1.807, 2.05) is 24.3 Å². The second-order valence-corrected chi connectivity index (χ2v) is 5.80. The Hall–Kier alpha value is -2.36. The Morgan fingerprint density at radius 3 is 2.64 bits per heavy atom. The normalized spacial score (nSPS) is 20.6. The van der Waals surface area contributed by atoms with Crippen molar-refractivity contribution in [3.63, 3.8) is 0 Å². The third kappa shape index (κ3) is 1.90. The molecular formula is C18H18O4. The molecule has 0 N–H and O–H groups in total. The highest BCUT2D eigenvalue weighted by molar-refractivity contribution is 6.16. The topological polar surface area (TPSA) is 52.6 Å². The first-order chi connectivity index (χ1) is 10.5. The highest BCUT2D eigenvalue weighted by atomic mass is 16.5. The van der Waals surface area contributed by atoms with Crippen molar-refractivity contribution in [1.82, 2.24) is 0 Å². The quantitative estimate of drug-likeness (QED) is 0.631. The summed E-state index contributed by atoms with van der Waals surface area (Å²) >= 11 is 0. The molecular weight excluding hydrogens is 280 g/mol. The fraction of sp³-hybridized carbons (Fsp3) is 0.333. The lowest BCUT2D eigenvalue weighted by molar-refractivity contribution is -0.149. The van der Waals surface area contributed by atoms with Crippen molar-refractivity contribution in [2.45, 2.75) is 19.8 Å². The van der Waals surface area contributed by atoms with E-state index in [2.05, 4.69) is 0 Å². The predicted molar refractivity (Wildman–Crippen MR) is 83.3 cm³/mol. The third-order valence-corrected chi connectivity index (χ3v) is 4.59. The molecule has 0 bridgehead atoms. The molecule has 4 nitrogen and oxygen atoms in total. The van der Waals surface area contributed by atoms with Gasteiger partial charge in [-0.25, -0.2) is 0 Å². The van der Waals surface area contributed by atoms with Crippen molar-refractivity contribution in [3.05, 3.63) is 41.5 Å². The number of Topliss-reactive ketones (excluding diaryl/α,β-unsaturated/α-hetero) is 1. The summed E-state index contributed by atoms with van der Waals surface area (Å²) in [6.45, 7) is 1.66. The zero-order chi connectivity index (χ0) is 15.9. The van der Waals surface area contributed by atoms with Gasteiger partial charge in [0.1, 0.15) is 11.2 Å². The van der Waals surface area contributed by atoms with Gasteiger partial charge in [-0.05, 0) is 36.8 Å².